The van der Waals surface area contributed by atoms with E-state index in [1.54, 1.807) is 22.7 Å². The van der Waals surface area contributed by atoms with E-state index in [1.165, 1.54) is 0 Å². The molecule has 1 N–H and O–H groups in total. The summed E-state index contributed by atoms with van der Waals surface area (Å²) in [5.74, 6) is -0.241. The van der Waals surface area contributed by atoms with Crippen LogP contribution in [0.4, 0.5) is 0 Å². The molecule has 0 fully saturated rings. The number of carbonyl (C=O) groups is 1. The number of imidazole rings is 1. The number of rotatable bonds is 2. The van der Waals surface area contributed by atoms with Crippen molar-refractivity contribution < 1.29 is 9.90 Å². The molecule has 0 saturated heterocycles. The molecule has 2 heterocycles. The molecule has 1 aromatic carbocycles. The number of hydrogen-bond donors (Lipinski definition) is 1. The number of aromatic nitrogens is 2. The average molecular weight is 317 g/mol. The number of pyridine rings is 1. The van der Waals surface area contributed by atoms with Crippen molar-refractivity contribution in [1.82, 2.24) is 9.38 Å². The van der Waals surface area contributed by atoms with Crippen LogP contribution in [0, 0.1) is 0 Å². The molecule has 0 amide bonds. The first-order chi connectivity index (χ1) is 9.18. The van der Waals surface area contributed by atoms with Gasteiger partial charge in [0.05, 0.1) is 17.3 Å². The van der Waals surface area contributed by atoms with Crippen molar-refractivity contribution in [2.75, 3.05) is 0 Å². The highest BCUT2D eigenvalue weighted by Crippen LogP contribution is 2.28. The molecule has 94 valence electrons. The Labute approximate surface area is 117 Å². The molecule has 0 aliphatic carbocycles. The van der Waals surface area contributed by atoms with Crippen LogP contribution in [0.2, 0.25) is 0 Å². The summed E-state index contributed by atoms with van der Waals surface area (Å²) >= 11 is 3.48. The van der Waals surface area contributed by atoms with Gasteiger partial charge in [-0.2, -0.15) is 0 Å². The van der Waals surface area contributed by atoms with Gasteiger partial charge in [0.1, 0.15) is 5.82 Å². The van der Waals surface area contributed by atoms with E-state index in [2.05, 4.69) is 20.9 Å². The van der Waals surface area contributed by atoms with Crippen LogP contribution >= 0.6 is 15.9 Å². The van der Waals surface area contributed by atoms with E-state index in [0.29, 0.717) is 11.3 Å². The topological polar surface area (TPSA) is 54.6 Å². The average Bonchev–Trinajstić information content (AvgIpc) is 2.82. The Kier molecular flexibility index (Phi) is 2.83. The molecule has 0 aliphatic heterocycles. The van der Waals surface area contributed by atoms with Crippen molar-refractivity contribution in [3.05, 3.63) is 58.8 Å². The number of halogens is 1. The number of fused-ring (bicyclic) bond motifs is 1. The minimum atomic E-state index is -0.954. The van der Waals surface area contributed by atoms with Gasteiger partial charge >= 0.3 is 5.97 Å². The maximum absolute atomic E-state index is 11.2. The summed E-state index contributed by atoms with van der Waals surface area (Å²) in [4.78, 5) is 15.5. The molecule has 0 aliphatic rings. The molecule has 0 bridgehead atoms. The van der Waals surface area contributed by atoms with Gasteiger partial charge in [-0.3, -0.25) is 4.40 Å². The summed E-state index contributed by atoms with van der Waals surface area (Å²) in [5, 5.41) is 9.17. The lowest BCUT2D eigenvalue weighted by atomic mass is 10.2. The van der Waals surface area contributed by atoms with Crippen molar-refractivity contribution in [3.63, 3.8) is 0 Å². The van der Waals surface area contributed by atoms with Crippen LogP contribution in [-0.2, 0) is 0 Å². The van der Waals surface area contributed by atoms with Gasteiger partial charge in [-0.1, -0.05) is 34.1 Å². The van der Waals surface area contributed by atoms with Crippen molar-refractivity contribution in [2.45, 2.75) is 0 Å². The predicted molar refractivity (Wildman–Crippen MR) is 75.3 cm³/mol. The molecule has 4 nitrogen and oxygen atoms in total. The first-order valence-corrected chi connectivity index (χ1v) is 6.42. The van der Waals surface area contributed by atoms with E-state index in [0.717, 1.165) is 10.0 Å². The van der Waals surface area contributed by atoms with Crippen LogP contribution < -0.4 is 0 Å². The summed E-state index contributed by atoms with van der Waals surface area (Å²) in [7, 11) is 0. The fourth-order valence-electron chi connectivity index (χ4n) is 2.04. The number of carboxylic acids is 1. The van der Waals surface area contributed by atoms with Crippen LogP contribution in [0.25, 0.3) is 16.9 Å². The van der Waals surface area contributed by atoms with Crippen molar-refractivity contribution in [3.8, 4) is 11.4 Å². The lowest BCUT2D eigenvalue weighted by Crippen LogP contribution is -2.00. The Hall–Kier alpha value is -2.14. The van der Waals surface area contributed by atoms with Crippen molar-refractivity contribution in [2.24, 2.45) is 0 Å². The zero-order valence-corrected chi connectivity index (χ0v) is 11.3. The molecule has 19 heavy (non-hydrogen) atoms. The maximum Gasteiger partial charge on any atom is 0.337 e. The fourth-order valence-corrected chi connectivity index (χ4v) is 2.51. The maximum atomic E-state index is 11.2. The third-order valence-corrected chi connectivity index (χ3v) is 3.61. The van der Waals surface area contributed by atoms with Crippen LogP contribution in [0.5, 0.6) is 0 Å². The molecular formula is C14H9BrN2O2. The SMILES string of the molecule is O=C(O)c1cccn2c(-c3ccccc3Br)ncc12. The smallest absolute Gasteiger partial charge is 0.337 e. The quantitative estimate of drug-likeness (QED) is 0.787. The third-order valence-electron chi connectivity index (χ3n) is 2.92. The highest BCUT2D eigenvalue weighted by atomic mass is 79.9. The van der Waals surface area contributed by atoms with Crippen LogP contribution in [0.15, 0.2) is 53.3 Å². The molecule has 3 rings (SSSR count). The minimum Gasteiger partial charge on any atom is -0.478 e. The lowest BCUT2D eigenvalue weighted by molar-refractivity contribution is 0.0698. The van der Waals surface area contributed by atoms with Gasteiger partial charge in [0.2, 0.25) is 0 Å². The van der Waals surface area contributed by atoms with Crippen LogP contribution in [-0.4, -0.2) is 20.5 Å². The monoisotopic (exact) mass is 316 g/mol. The molecule has 0 atom stereocenters. The van der Waals surface area contributed by atoms with Gasteiger partial charge in [-0.05, 0) is 18.2 Å². The van der Waals surface area contributed by atoms with E-state index in [4.69, 9.17) is 5.11 Å². The van der Waals surface area contributed by atoms with E-state index in [9.17, 15) is 4.79 Å². The number of aromatic carboxylic acids is 1. The Bertz CT molecular complexity index is 780. The lowest BCUT2D eigenvalue weighted by Gasteiger charge is -2.04. The third kappa shape index (κ3) is 1.92. The van der Waals surface area contributed by atoms with E-state index < -0.39 is 5.97 Å². The van der Waals surface area contributed by atoms with Crippen molar-refractivity contribution >= 4 is 27.4 Å². The highest BCUT2D eigenvalue weighted by molar-refractivity contribution is 9.10. The number of nitrogens with zero attached hydrogens (tertiary/aromatic N) is 2. The fraction of sp³-hybridized carbons (Fsp3) is 0. The Morgan fingerprint density at radius 1 is 1.21 bits per heavy atom. The second-order valence-corrected chi connectivity index (χ2v) is 4.90. The molecule has 0 saturated carbocycles. The van der Waals surface area contributed by atoms with E-state index in [-0.39, 0.29) is 5.56 Å². The first-order valence-electron chi connectivity index (χ1n) is 5.63. The van der Waals surface area contributed by atoms with Gasteiger partial charge in [-0.25, -0.2) is 9.78 Å². The standard InChI is InChI=1S/C14H9BrN2O2/c15-11-6-2-1-4-9(11)13-16-8-12-10(14(18)19)5-3-7-17(12)13/h1-8H,(H,18,19). The summed E-state index contributed by atoms with van der Waals surface area (Å²) in [6.45, 7) is 0. The number of carboxylic acid groups (broad SMARTS) is 1. The molecular weight excluding hydrogens is 308 g/mol. The number of benzene rings is 1. The zero-order chi connectivity index (χ0) is 13.4. The number of hydrogen-bond acceptors (Lipinski definition) is 2. The van der Waals surface area contributed by atoms with Crippen LogP contribution in [0.1, 0.15) is 10.4 Å². The molecule has 0 spiro atoms. The minimum absolute atomic E-state index is 0.244. The largest absolute Gasteiger partial charge is 0.478 e. The predicted octanol–water partition coefficient (Wildman–Crippen LogP) is 3.46. The summed E-state index contributed by atoms with van der Waals surface area (Å²) < 4.78 is 2.70. The summed E-state index contributed by atoms with van der Waals surface area (Å²) in [5.41, 5.74) is 1.75. The summed E-state index contributed by atoms with van der Waals surface area (Å²) in [6.07, 6.45) is 3.39. The van der Waals surface area contributed by atoms with E-state index >= 15 is 0 Å². The molecule has 0 radical (unpaired) electrons. The summed E-state index contributed by atoms with van der Waals surface area (Å²) in [6, 6.07) is 11.0. The van der Waals surface area contributed by atoms with Gasteiger partial charge in [0.25, 0.3) is 0 Å². The van der Waals surface area contributed by atoms with Gasteiger partial charge < -0.3 is 5.11 Å². The van der Waals surface area contributed by atoms with E-state index in [1.807, 2.05) is 30.5 Å². The Morgan fingerprint density at radius 2 is 2.00 bits per heavy atom. The molecule has 2 aromatic heterocycles. The Balaban J connectivity index is 2.31. The zero-order valence-electron chi connectivity index (χ0n) is 9.75. The van der Waals surface area contributed by atoms with Gasteiger partial charge in [-0.15, -0.1) is 0 Å². The van der Waals surface area contributed by atoms with Crippen LogP contribution in [0.3, 0.4) is 0 Å². The first kappa shape index (κ1) is 11.9. The molecule has 5 heteroatoms. The molecule has 3 aromatic rings. The Morgan fingerprint density at radius 3 is 2.74 bits per heavy atom. The molecule has 0 unspecified atom stereocenters. The normalized spacial score (nSPS) is 10.8. The van der Waals surface area contributed by atoms with Gasteiger partial charge in [0, 0.05) is 16.2 Å². The highest BCUT2D eigenvalue weighted by Gasteiger charge is 2.14. The van der Waals surface area contributed by atoms with Gasteiger partial charge in [0.15, 0.2) is 0 Å². The second-order valence-electron chi connectivity index (χ2n) is 4.04. The second kappa shape index (κ2) is 4.51. The van der Waals surface area contributed by atoms with Crippen molar-refractivity contribution in [1.29, 1.82) is 0 Å².